The summed E-state index contributed by atoms with van der Waals surface area (Å²) in [6, 6.07) is 10.7. The van der Waals surface area contributed by atoms with Crippen LogP contribution in [0.4, 0.5) is 0 Å². The molecule has 2 rings (SSSR count). The van der Waals surface area contributed by atoms with Crippen molar-refractivity contribution in [2.24, 2.45) is 0 Å². The van der Waals surface area contributed by atoms with E-state index in [1.54, 1.807) is 38.5 Å². The van der Waals surface area contributed by atoms with Crippen LogP contribution in [0.25, 0.3) is 0 Å². The third-order valence-electron chi connectivity index (χ3n) is 3.29. The average molecular weight is 354 g/mol. The average Bonchev–Trinajstić information content (AvgIpc) is 2.56. The van der Waals surface area contributed by atoms with Gasteiger partial charge in [-0.25, -0.2) is 0 Å². The van der Waals surface area contributed by atoms with Crippen LogP contribution in [0.15, 0.2) is 36.4 Å². The molecule has 0 aromatic heterocycles. The summed E-state index contributed by atoms with van der Waals surface area (Å²) >= 11 is 11.8. The number of nitrogens with one attached hydrogen (secondary N) is 1. The van der Waals surface area contributed by atoms with E-state index in [1.165, 1.54) is 0 Å². The number of rotatable bonds is 6. The van der Waals surface area contributed by atoms with Gasteiger partial charge in [0.25, 0.3) is 0 Å². The summed E-state index contributed by atoms with van der Waals surface area (Å²) in [6.45, 7) is 0.403. The highest BCUT2D eigenvalue weighted by Crippen LogP contribution is 2.27. The summed E-state index contributed by atoms with van der Waals surface area (Å²) in [5, 5.41) is 3.77. The second-order valence-electron chi connectivity index (χ2n) is 4.89. The maximum Gasteiger partial charge on any atom is 0.224 e. The van der Waals surface area contributed by atoms with Gasteiger partial charge in [0.1, 0.15) is 0 Å². The Morgan fingerprint density at radius 3 is 2.30 bits per heavy atom. The summed E-state index contributed by atoms with van der Waals surface area (Å²) < 4.78 is 10.4. The fourth-order valence-electron chi connectivity index (χ4n) is 2.09. The van der Waals surface area contributed by atoms with Crippen molar-refractivity contribution in [2.45, 2.75) is 13.0 Å². The maximum atomic E-state index is 12.0. The minimum absolute atomic E-state index is 0.0989. The molecule has 0 saturated carbocycles. The van der Waals surface area contributed by atoms with Crippen LogP contribution in [0.2, 0.25) is 10.0 Å². The molecule has 1 N–H and O–H groups in total. The van der Waals surface area contributed by atoms with Crippen LogP contribution in [-0.2, 0) is 17.8 Å². The Labute approximate surface area is 145 Å². The van der Waals surface area contributed by atoms with E-state index in [4.69, 9.17) is 32.7 Å². The number of carbonyl (C=O) groups excluding carboxylic acids is 1. The molecule has 0 aliphatic heterocycles. The number of ether oxygens (including phenoxy) is 2. The monoisotopic (exact) mass is 353 g/mol. The fourth-order valence-corrected chi connectivity index (χ4v) is 2.41. The van der Waals surface area contributed by atoms with Crippen LogP contribution in [-0.4, -0.2) is 20.1 Å². The van der Waals surface area contributed by atoms with E-state index >= 15 is 0 Å². The van der Waals surface area contributed by atoms with Crippen molar-refractivity contribution >= 4 is 29.1 Å². The summed E-state index contributed by atoms with van der Waals surface area (Å²) in [6.07, 6.45) is 0.240. The second kappa shape index (κ2) is 8.09. The summed E-state index contributed by atoms with van der Waals surface area (Å²) in [7, 11) is 3.15. The normalized spacial score (nSPS) is 10.3. The van der Waals surface area contributed by atoms with Gasteiger partial charge in [-0.1, -0.05) is 35.3 Å². The number of benzene rings is 2. The van der Waals surface area contributed by atoms with Crippen LogP contribution < -0.4 is 14.8 Å². The van der Waals surface area contributed by atoms with Crippen molar-refractivity contribution in [3.05, 3.63) is 57.6 Å². The number of hydrogen-bond donors (Lipinski definition) is 1. The molecule has 2 aromatic carbocycles. The van der Waals surface area contributed by atoms with Gasteiger partial charge in [0.15, 0.2) is 11.5 Å². The van der Waals surface area contributed by atoms with Gasteiger partial charge in [0.2, 0.25) is 5.91 Å². The van der Waals surface area contributed by atoms with E-state index in [2.05, 4.69) is 5.32 Å². The van der Waals surface area contributed by atoms with Gasteiger partial charge in [-0.2, -0.15) is 0 Å². The lowest BCUT2D eigenvalue weighted by molar-refractivity contribution is -0.120. The molecule has 0 bridgehead atoms. The first-order valence-electron chi connectivity index (χ1n) is 6.95. The molecule has 0 radical (unpaired) electrons. The Bertz CT molecular complexity index is 704. The molecule has 1 amide bonds. The lowest BCUT2D eigenvalue weighted by Crippen LogP contribution is -2.24. The molecule has 0 aliphatic carbocycles. The summed E-state index contributed by atoms with van der Waals surface area (Å²) in [5.74, 6) is 1.18. The smallest absolute Gasteiger partial charge is 0.224 e. The molecule has 23 heavy (non-hydrogen) atoms. The molecule has 6 heteroatoms. The Balaban J connectivity index is 1.95. The van der Waals surface area contributed by atoms with E-state index < -0.39 is 0 Å². The van der Waals surface area contributed by atoms with E-state index in [0.717, 1.165) is 11.1 Å². The third kappa shape index (κ3) is 4.78. The van der Waals surface area contributed by atoms with Gasteiger partial charge in [0, 0.05) is 6.54 Å². The van der Waals surface area contributed by atoms with Gasteiger partial charge in [-0.05, 0) is 35.4 Å². The van der Waals surface area contributed by atoms with Crippen LogP contribution in [0, 0.1) is 0 Å². The number of methoxy groups -OCH3 is 2. The largest absolute Gasteiger partial charge is 0.493 e. The predicted octanol–water partition coefficient (Wildman–Crippen LogP) is 3.87. The third-order valence-corrected chi connectivity index (χ3v) is 4.03. The van der Waals surface area contributed by atoms with Gasteiger partial charge in [-0.3, -0.25) is 4.79 Å². The number of halogens is 2. The number of carbonyl (C=O) groups is 1. The molecule has 122 valence electrons. The van der Waals surface area contributed by atoms with Crippen molar-refractivity contribution < 1.29 is 14.3 Å². The van der Waals surface area contributed by atoms with Gasteiger partial charge in [-0.15, -0.1) is 0 Å². The minimum atomic E-state index is -0.0989. The highest BCUT2D eigenvalue weighted by Gasteiger charge is 2.08. The predicted molar refractivity (Wildman–Crippen MR) is 91.6 cm³/mol. The molecule has 0 atom stereocenters. The number of amides is 1. The van der Waals surface area contributed by atoms with Gasteiger partial charge >= 0.3 is 0 Å². The highest BCUT2D eigenvalue weighted by molar-refractivity contribution is 6.42. The quantitative estimate of drug-likeness (QED) is 0.857. The standard InChI is InChI=1S/C17H17Cl2NO3/c1-22-15-6-4-12(8-16(15)23-2)10-20-17(21)9-11-3-5-13(18)14(19)7-11/h3-8H,9-10H2,1-2H3,(H,20,21). The molecular weight excluding hydrogens is 337 g/mol. The zero-order valence-electron chi connectivity index (χ0n) is 12.9. The highest BCUT2D eigenvalue weighted by atomic mass is 35.5. The molecule has 0 spiro atoms. The maximum absolute atomic E-state index is 12.0. The van der Waals surface area contributed by atoms with Crippen LogP contribution >= 0.6 is 23.2 Å². The molecule has 0 unspecified atom stereocenters. The zero-order chi connectivity index (χ0) is 16.8. The van der Waals surface area contributed by atoms with Gasteiger partial charge in [0.05, 0.1) is 30.7 Å². The fraction of sp³-hybridized carbons (Fsp3) is 0.235. The topological polar surface area (TPSA) is 47.6 Å². The van der Waals surface area contributed by atoms with Crippen LogP contribution in [0.5, 0.6) is 11.5 Å². The lowest BCUT2D eigenvalue weighted by atomic mass is 10.1. The van der Waals surface area contributed by atoms with E-state index in [0.29, 0.717) is 28.1 Å². The molecule has 2 aromatic rings. The van der Waals surface area contributed by atoms with Crippen molar-refractivity contribution in [3.63, 3.8) is 0 Å². The first-order valence-corrected chi connectivity index (χ1v) is 7.70. The van der Waals surface area contributed by atoms with Crippen LogP contribution in [0.1, 0.15) is 11.1 Å². The molecule has 0 heterocycles. The molecular formula is C17H17Cl2NO3. The zero-order valence-corrected chi connectivity index (χ0v) is 14.4. The van der Waals surface area contributed by atoms with E-state index in [1.807, 2.05) is 12.1 Å². The van der Waals surface area contributed by atoms with Gasteiger partial charge < -0.3 is 14.8 Å². The summed E-state index contributed by atoms with van der Waals surface area (Å²) in [4.78, 5) is 12.0. The van der Waals surface area contributed by atoms with Crippen molar-refractivity contribution in [1.82, 2.24) is 5.32 Å². The van der Waals surface area contributed by atoms with Crippen molar-refractivity contribution in [3.8, 4) is 11.5 Å². The minimum Gasteiger partial charge on any atom is -0.493 e. The first-order chi connectivity index (χ1) is 11.0. The van der Waals surface area contributed by atoms with E-state index in [-0.39, 0.29) is 12.3 Å². The molecule has 0 saturated heterocycles. The molecule has 0 fully saturated rings. The Morgan fingerprint density at radius 1 is 0.957 bits per heavy atom. The first kappa shape index (κ1) is 17.4. The lowest BCUT2D eigenvalue weighted by Gasteiger charge is -2.10. The molecule has 4 nitrogen and oxygen atoms in total. The van der Waals surface area contributed by atoms with E-state index in [9.17, 15) is 4.79 Å². The Kier molecular flexibility index (Phi) is 6.13. The molecule has 0 aliphatic rings. The number of hydrogen-bond acceptors (Lipinski definition) is 3. The summed E-state index contributed by atoms with van der Waals surface area (Å²) in [5.41, 5.74) is 1.73. The Hall–Kier alpha value is -1.91. The SMILES string of the molecule is COc1ccc(CNC(=O)Cc2ccc(Cl)c(Cl)c2)cc1OC. The Morgan fingerprint density at radius 2 is 1.65 bits per heavy atom. The van der Waals surface area contributed by atoms with Crippen LogP contribution in [0.3, 0.4) is 0 Å². The second-order valence-corrected chi connectivity index (χ2v) is 5.71. The van der Waals surface area contributed by atoms with Crippen molar-refractivity contribution in [2.75, 3.05) is 14.2 Å². The van der Waals surface area contributed by atoms with Crippen molar-refractivity contribution in [1.29, 1.82) is 0 Å².